The van der Waals surface area contributed by atoms with Crippen LogP contribution in [0.15, 0.2) is 42.5 Å². The largest absolute Gasteiger partial charge is 0.324 e. The molecule has 4 bridgehead atoms. The highest BCUT2D eigenvalue weighted by molar-refractivity contribution is 6.02. The summed E-state index contributed by atoms with van der Waals surface area (Å²) in [5.41, 5.74) is 0.922. The quantitative estimate of drug-likeness (QED) is 0.830. The molecule has 5 aliphatic rings. The first-order valence-electron chi connectivity index (χ1n) is 12.0. The summed E-state index contributed by atoms with van der Waals surface area (Å²) in [6.45, 7) is 4.80. The van der Waals surface area contributed by atoms with E-state index in [0.717, 1.165) is 67.0 Å². The lowest BCUT2D eigenvalue weighted by Crippen LogP contribution is -2.60. The average Bonchev–Trinajstić information content (AvgIpc) is 2.74. The fourth-order valence-electron chi connectivity index (χ4n) is 7.44. The molecule has 0 atom stereocenters. The summed E-state index contributed by atoms with van der Waals surface area (Å²) in [5.74, 6) is 4.12. The Labute approximate surface area is 179 Å². The Morgan fingerprint density at radius 2 is 1.50 bits per heavy atom. The number of nitrogens with one attached hydrogen (secondary N) is 1. The van der Waals surface area contributed by atoms with Crippen LogP contribution < -0.4 is 5.32 Å². The van der Waals surface area contributed by atoms with Crippen molar-refractivity contribution >= 4 is 22.4 Å². The Hall–Kier alpha value is -1.91. The van der Waals surface area contributed by atoms with Crippen molar-refractivity contribution in [2.24, 2.45) is 23.7 Å². The molecule has 4 aliphatic carbocycles. The third kappa shape index (κ3) is 3.44. The highest BCUT2D eigenvalue weighted by atomic mass is 16.2. The number of nitrogens with zero attached hydrogens (tertiary/aromatic N) is 2. The summed E-state index contributed by atoms with van der Waals surface area (Å²) in [5, 5.41) is 5.43. The van der Waals surface area contributed by atoms with Gasteiger partial charge in [0, 0.05) is 43.3 Å². The van der Waals surface area contributed by atoms with Gasteiger partial charge in [-0.05, 0) is 67.2 Å². The van der Waals surface area contributed by atoms with E-state index in [1.54, 1.807) is 0 Å². The van der Waals surface area contributed by atoms with E-state index < -0.39 is 0 Å². The standard InChI is InChI=1S/C26H33N3O/c30-25(27-24-7-3-5-20-4-1-2-6-23(20)24)17-28-8-10-29(11-9-28)26-21-13-18-12-19(15-21)16-22(26)14-18/h1-7,18-19,21-22,26H,8-17H2,(H,27,30). The SMILES string of the molecule is O=C(CN1CCN(C2C3CC4CC(C3)CC2C4)CC1)Nc1cccc2ccccc12. The second kappa shape index (κ2) is 7.65. The zero-order valence-electron chi connectivity index (χ0n) is 17.8. The zero-order chi connectivity index (χ0) is 20.1. The number of hydrogen-bond acceptors (Lipinski definition) is 3. The number of fused-ring (bicyclic) bond motifs is 1. The average molecular weight is 404 g/mol. The number of carbonyl (C=O) groups is 1. The normalized spacial score (nSPS) is 33.8. The van der Waals surface area contributed by atoms with Gasteiger partial charge in [0.1, 0.15) is 0 Å². The smallest absolute Gasteiger partial charge is 0.238 e. The molecule has 0 radical (unpaired) electrons. The Bertz CT molecular complexity index is 900. The van der Waals surface area contributed by atoms with Crippen LogP contribution in [0, 0.1) is 23.7 Å². The van der Waals surface area contributed by atoms with Crippen LogP contribution in [0.2, 0.25) is 0 Å². The second-order valence-electron chi connectivity index (χ2n) is 10.3. The van der Waals surface area contributed by atoms with E-state index in [4.69, 9.17) is 0 Å². The van der Waals surface area contributed by atoms with Gasteiger partial charge >= 0.3 is 0 Å². The Morgan fingerprint density at radius 1 is 0.833 bits per heavy atom. The van der Waals surface area contributed by atoms with Crippen LogP contribution in [0.3, 0.4) is 0 Å². The summed E-state index contributed by atoms with van der Waals surface area (Å²) in [6, 6.07) is 15.2. The van der Waals surface area contributed by atoms with E-state index in [1.807, 2.05) is 24.3 Å². The molecule has 5 fully saturated rings. The lowest BCUT2D eigenvalue weighted by Gasteiger charge is -2.58. The number of amides is 1. The number of carbonyl (C=O) groups excluding carboxylic acids is 1. The van der Waals surface area contributed by atoms with Crippen LogP contribution in [-0.4, -0.2) is 54.5 Å². The molecule has 158 valence electrons. The molecule has 7 rings (SSSR count). The molecule has 1 aliphatic heterocycles. The van der Waals surface area contributed by atoms with Crippen molar-refractivity contribution in [3.63, 3.8) is 0 Å². The summed E-state index contributed by atoms with van der Waals surface area (Å²) < 4.78 is 0. The number of anilines is 1. The van der Waals surface area contributed by atoms with E-state index in [1.165, 1.54) is 37.5 Å². The number of hydrogen-bond donors (Lipinski definition) is 1. The van der Waals surface area contributed by atoms with Gasteiger partial charge in [-0.1, -0.05) is 36.4 Å². The molecule has 0 unspecified atom stereocenters. The monoisotopic (exact) mass is 403 g/mol. The third-order valence-corrected chi connectivity index (χ3v) is 8.44. The van der Waals surface area contributed by atoms with Crippen molar-refractivity contribution in [1.82, 2.24) is 9.80 Å². The van der Waals surface area contributed by atoms with E-state index in [-0.39, 0.29) is 5.91 Å². The van der Waals surface area contributed by atoms with Crippen molar-refractivity contribution in [2.45, 2.75) is 38.1 Å². The van der Waals surface area contributed by atoms with Crippen molar-refractivity contribution in [1.29, 1.82) is 0 Å². The fourth-order valence-corrected chi connectivity index (χ4v) is 7.44. The maximum atomic E-state index is 12.7. The molecular formula is C26H33N3O. The minimum atomic E-state index is 0.106. The number of rotatable bonds is 4. The fraction of sp³-hybridized carbons (Fsp3) is 0.577. The van der Waals surface area contributed by atoms with Gasteiger partial charge in [0.05, 0.1) is 6.54 Å². The minimum absolute atomic E-state index is 0.106. The van der Waals surface area contributed by atoms with Gasteiger partial charge < -0.3 is 5.32 Å². The van der Waals surface area contributed by atoms with Crippen molar-refractivity contribution in [3.05, 3.63) is 42.5 Å². The minimum Gasteiger partial charge on any atom is -0.324 e. The van der Waals surface area contributed by atoms with E-state index in [0.29, 0.717) is 6.54 Å². The molecule has 4 nitrogen and oxygen atoms in total. The molecule has 1 saturated heterocycles. The molecule has 1 heterocycles. The van der Waals surface area contributed by atoms with Gasteiger partial charge in [-0.25, -0.2) is 0 Å². The molecule has 4 heteroatoms. The van der Waals surface area contributed by atoms with Gasteiger partial charge in [0.25, 0.3) is 0 Å². The van der Waals surface area contributed by atoms with Crippen LogP contribution in [-0.2, 0) is 4.79 Å². The molecular weight excluding hydrogens is 370 g/mol. The Morgan fingerprint density at radius 3 is 2.23 bits per heavy atom. The molecule has 2 aromatic carbocycles. The van der Waals surface area contributed by atoms with Gasteiger partial charge in [-0.15, -0.1) is 0 Å². The van der Waals surface area contributed by atoms with E-state index in [2.05, 4.69) is 33.3 Å². The van der Waals surface area contributed by atoms with Crippen LogP contribution in [0.4, 0.5) is 5.69 Å². The highest BCUT2D eigenvalue weighted by Crippen LogP contribution is 2.55. The van der Waals surface area contributed by atoms with Gasteiger partial charge in [-0.2, -0.15) is 0 Å². The maximum absolute atomic E-state index is 12.7. The Balaban J connectivity index is 1.05. The Kier molecular flexibility index (Phi) is 4.80. The maximum Gasteiger partial charge on any atom is 0.238 e. The number of piperazine rings is 1. The van der Waals surface area contributed by atoms with Crippen LogP contribution in [0.1, 0.15) is 32.1 Å². The first-order valence-corrected chi connectivity index (χ1v) is 12.0. The summed E-state index contributed by atoms with van der Waals surface area (Å²) in [7, 11) is 0. The van der Waals surface area contributed by atoms with Gasteiger partial charge in [0.15, 0.2) is 0 Å². The first-order chi connectivity index (χ1) is 14.7. The van der Waals surface area contributed by atoms with Crippen molar-refractivity contribution in [3.8, 4) is 0 Å². The van der Waals surface area contributed by atoms with E-state index in [9.17, 15) is 4.79 Å². The summed E-state index contributed by atoms with van der Waals surface area (Å²) in [6.07, 6.45) is 7.49. The highest BCUT2D eigenvalue weighted by Gasteiger charge is 2.50. The molecule has 4 saturated carbocycles. The first kappa shape index (κ1) is 18.8. The van der Waals surface area contributed by atoms with Crippen molar-refractivity contribution in [2.75, 3.05) is 38.0 Å². The summed E-state index contributed by atoms with van der Waals surface area (Å²) in [4.78, 5) is 17.9. The van der Waals surface area contributed by atoms with Crippen LogP contribution in [0.5, 0.6) is 0 Å². The van der Waals surface area contributed by atoms with E-state index >= 15 is 0 Å². The topological polar surface area (TPSA) is 35.6 Å². The number of benzene rings is 2. The predicted octanol–water partition coefficient (Wildman–Crippen LogP) is 4.22. The second-order valence-corrected chi connectivity index (χ2v) is 10.3. The molecule has 0 spiro atoms. The molecule has 1 amide bonds. The summed E-state index contributed by atoms with van der Waals surface area (Å²) >= 11 is 0. The van der Waals surface area contributed by atoms with Crippen LogP contribution >= 0.6 is 0 Å². The lowest BCUT2D eigenvalue weighted by molar-refractivity contribution is -0.118. The third-order valence-electron chi connectivity index (χ3n) is 8.44. The molecule has 0 aromatic heterocycles. The lowest BCUT2D eigenvalue weighted by atomic mass is 9.54. The van der Waals surface area contributed by atoms with Gasteiger partial charge in [0.2, 0.25) is 5.91 Å². The van der Waals surface area contributed by atoms with Crippen molar-refractivity contribution < 1.29 is 4.79 Å². The molecule has 1 N–H and O–H groups in total. The molecule has 2 aromatic rings. The zero-order valence-corrected chi connectivity index (χ0v) is 17.8. The predicted molar refractivity (Wildman–Crippen MR) is 121 cm³/mol. The van der Waals surface area contributed by atoms with Gasteiger partial charge in [-0.3, -0.25) is 14.6 Å². The molecule has 30 heavy (non-hydrogen) atoms. The van der Waals surface area contributed by atoms with Crippen LogP contribution in [0.25, 0.3) is 10.8 Å².